The van der Waals surface area contributed by atoms with Gasteiger partial charge in [0.05, 0.1) is 26.0 Å². The van der Waals surface area contributed by atoms with Crippen LogP contribution in [0.3, 0.4) is 0 Å². The monoisotopic (exact) mass is 305 g/mol. The number of rotatable bonds is 4. The van der Waals surface area contributed by atoms with Crippen molar-refractivity contribution in [1.82, 2.24) is 24.8 Å². The second-order valence-electron chi connectivity index (χ2n) is 6.62. The van der Waals surface area contributed by atoms with Crippen LogP contribution in [0.5, 0.6) is 0 Å². The fourth-order valence-corrected chi connectivity index (χ4v) is 3.50. The summed E-state index contributed by atoms with van der Waals surface area (Å²) in [6, 6.07) is 0. The van der Waals surface area contributed by atoms with Crippen LogP contribution in [0.25, 0.3) is 0 Å². The van der Waals surface area contributed by atoms with Crippen LogP contribution in [0.1, 0.15) is 23.3 Å². The van der Waals surface area contributed by atoms with Gasteiger partial charge < -0.3 is 9.64 Å². The lowest BCUT2D eigenvalue weighted by molar-refractivity contribution is 0.0359. The maximum Gasteiger partial charge on any atom is 0.276 e. The lowest BCUT2D eigenvalue weighted by Crippen LogP contribution is -2.38. The minimum atomic E-state index is 0.0444. The molecule has 1 amide bonds. The van der Waals surface area contributed by atoms with E-state index in [2.05, 4.69) is 15.2 Å². The molecular weight excluding hydrogens is 282 g/mol. The molecule has 2 unspecified atom stereocenters. The first-order valence-electron chi connectivity index (χ1n) is 8.29. The summed E-state index contributed by atoms with van der Waals surface area (Å²) in [5.74, 6) is 1.67. The number of carbonyl (C=O) groups is 1. The van der Waals surface area contributed by atoms with Crippen LogP contribution >= 0.6 is 0 Å². The Kier molecular flexibility index (Phi) is 3.83. The van der Waals surface area contributed by atoms with E-state index < -0.39 is 0 Å². The number of amides is 1. The highest BCUT2D eigenvalue weighted by atomic mass is 16.5. The van der Waals surface area contributed by atoms with Gasteiger partial charge >= 0.3 is 0 Å². The summed E-state index contributed by atoms with van der Waals surface area (Å²) >= 11 is 0. The number of piperidine rings is 1. The van der Waals surface area contributed by atoms with Gasteiger partial charge in [0.1, 0.15) is 0 Å². The fourth-order valence-electron chi connectivity index (χ4n) is 3.50. The molecule has 1 aromatic rings. The zero-order chi connectivity index (χ0) is 14.9. The van der Waals surface area contributed by atoms with Gasteiger partial charge in [0, 0.05) is 32.7 Å². The number of morpholine rings is 1. The molecule has 22 heavy (non-hydrogen) atoms. The first-order chi connectivity index (χ1) is 10.8. The topological polar surface area (TPSA) is 63.5 Å². The largest absolute Gasteiger partial charge is 0.379 e. The summed E-state index contributed by atoms with van der Waals surface area (Å²) in [6.45, 7) is 7.02. The third kappa shape index (κ3) is 3.01. The molecule has 0 radical (unpaired) electrons. The number of nitrogens with zero attached hydrogens (tertiary/aromatic N) is 5. The zero-order valence-electron chi connectivity index (χ0n) is 12.9. The van der Waals surface area contributed by atoms with Crippen LogP contribution in [-0.4, -0.2) is 76.6 Å². The van der Waals surface area contributed by atoms with Crippen molar-refractivity contribution in [3.63, 3.8) is 0 Å². The average Bonchev–Trinajstić information content (AvgIpc) is 3.19. The molecule has 0 bridgehead atoms. The summed E-state index contributed by atoms with van der Waals surface area (Å²) in [7, 11) is 0. The summed E-state index contributed by atoms with van der Waals surface area (Å²) in [5.41, 5.74) is 0.487. The number of carbonyl (C=O) groups excluding carboxylic acids is 1. The molecule has 0 spiro atoms. The smallest absolute Gasteiger partial charge is 0.276 e. The molecule has 0 aromatic carbocycles. The van der Waals surface area contributed by atoms with E-state index in [4.69, 9.17) is 4.74 Å². The Morgan fingerprint density at radius 2 is 2.09 bits per heavy atom. The Bertz CT molecular complexity index is 540. The Hall–Kier alpha value is -1.47. The number of hydrogen-bond acceptors (Lipinski definition) is 5. The minimum absolute atomic E-state index is 0.0444. The van der Waals surface area contributed by atoms with Crippen molar-refractivity contribution in [2.45, 2.75) is 19.4 Å². The van der Waals surface area contributed by atoms with Gasteiger partial charge in [-0.1, -0.05) is 5.21 Å². The zero-order valence-corrected chi connectivity index (χ0v) is 12.9. The molecule has 3 heterocycles. The Balaban J connectivity index is 1.31. The third-order valence-corrected chi connectivity index (χ3v) is 5.09. The van der Waals surface area contributed by atoms with Gasteiger partial charge in [-0.05, 0) is 24.7 Å². The Morgan fingerprint density at radius 1 is 1.23 bits per heavy atom. The van der Waals surface area contributed by atoms with E-state index in [-0.39, 0.29) is 5.91 Å². The summed E-state index contributed by atoms with van der Waals surface area (Å²) in [4.78, 5) is 16.8. The highest BCUT2D eigenvalue weighted by Crippen LogP contribution is 2.44. The molecule has 3 aliphatic rings. The molecule has 1 saturated carbocycles. The van der Waals surface area contributed by atoms with Crippen molar-refractivity contribution in [3.05, 3.63) is 11.9 Å². The molecular formula is C15H23N5O2. The number of likely N-dealkylation sites (tertiary alicyclic amines) is 1. The SMILES string of the molecule is O=C(c1cn(CCN2CCOCC2)nn1)N1CCC2CC2C1. The fraction of sp³-hybridized carbons (Fsp3) is 0.800. The number of hydrogen-bond donors (Lipinski definition) is 0. The number of aromatic nitrogens is 3. The predicted molar refractivity (Wildman–Crippen MR) is 79.4 cm³/mol. The molecule has 4 rings (SSSR count). The summed E-state index contributed by atoms with van der Waals surface area (Å²) in [6.07, 6.45) is 4.25. The first kappa shape index (κ1) is 14.1. The molecule has 0 N–H and O–H groups in total. The first-order valence-corrected chi connectivity index (χ1v) is 8.29. The van der Waals surface area contributed by atoms with Crippen molar-refractivity contribution < 1.29 is 9.53 Å². The van der Waals surface area contributed by atoms with Crippen molar-refractivity contribution >= 4 is 5.91 Å². The third-order valence-electron chi connectivity index (χ3n) is 5.09. The molecule has 1 aromatic heterocycles. The summed E-state index contributed by atoms with van der Waals surface area (Å²) in [5, 5.41) is 8.18. The van der Waals surface area contributed by atoms with Crippen molar-refractivity contribution in [2.24, 2.45) is 11.8 Å². The van der Waals surface area contributed by atoms with Gasteiger partial charge in [-0.25, -0.2) is 0 Å². The van der Waals surface area contributed by atoms with E-state index in [1.807, 2.05) is 4.90 Å². The average molecular weight is 305 g/mol. The van der Waals surface area contributed by atoms with Crippen molar-refractivity contribution in [1.29, 1.82) is 0 Å². The second-order valence-corrected chi connectivity index (χ2v) is 6.62. The van der Waals surface area contributed by atoms with Gasteiger partial charge in [-0.2, -0.15) is 0 Å². The second kappa shape index (κ2) is 5.96. The Morgan fingerprint density at radius 3 is 2.91 bits per heavy atom. The van der Waals surface area contributed by atoms with E-state index in [1.165, 1.54) is 6.42 Å². The van der Waals surface area contributed by atoms with E-state index in [0.29, 0.717) is 5.69 Å². The molecule has 7 nitrogen and oxygen atoms in total. The van der Waals surface area contributed by atoms with Crippen LogP contribution in [-0.2, 0) is 11.3 Å². The lowest BCUT2D eigenvalue weighted by Gasteiger charge is -2.26. The molecule has 2 atom stereocenters. The Labute approximate surface area is 130 Å². The predicted octanol–water partition coefficient (Wildman–Crippen LogP) is 0.0923. The van der Waals surface area contributed by atoms with E-state index in [0.717, 1.165) is 70.7 Å². The van der Waals surface area contributed by atoms with Crippen molar-refractivity contribution in [3.8, 4) is 0 Å². The molecule has 2 saturated heterocycles. The standard InChI is InChI=1S/C15H23N5O2/c21-15(19-2-1-12-9-13(12)10-19)14-11-20(17-16-14)4-3-18-5-7-22-8-6-18/h11-13H,1-10H2. The number of ether oxygens (including phenoxy) is 1. The maximum absolute atomic E-state index is 12.5. The summed E-state index contributed by atoms with van der Waals surface area (Å²) < 4.78 is 7.12. The van der Waals surface area contributed by atoms with E-state index >= 15 is 0 Å². The van der Waals surface area contributed by atoms with Crippen LogP contribution in [0, 0.1) is 11.8 Å². The van der Waals surface area contributed by atoms with E-state index in [9.17, 15) is 4.79 Å². The maximum atomic E-state index is 12.5. The van der Waals surface area contributed by atoms with Gasteiger partial charge in [-0.15, -0.1) is 5.10 Å². The van der Waals surface area contributed by atoms with Crippen molar-refractivity contribution in [2.75, 3.05) is 45.9 Å². The highest BCUT2D eigenvalue weighted by Gasteiger charge is 2.42. The highest BCUT2D eigenvalue weighted by molar-refractivity contribution is 5.92. The lowest BCUT2D eigenvalue weighted by atomic mass is 10.1. The van der Waals surface area contributed by atoms with Gasteiger partial charge in [0.2, 0.25) is 0 Å². The molecule has 2 aliphatic heterocycles. The van der Waals surface area contributed by atoms with Gasteiger partial charge in [0.25, 0.3) is 5.91 Å². The minimum Gasteiger partial charge on any atom is -0.379 e. The normalized spacial score (nSPS) is 28.5. The van der Waals surface area contributed by atoms with Gasteiger partial charge in [-0.3, -0.25) is 14.4 Å². The molecule has 3 fully saturated rings. The van der Waals surface area contributed by atoms with Crippen LogP contribution in [0.15, 0.2) is 6.20 Å². The van der Waals surface area contributed by atoms with Crippen LogP contribution < -0.4 is 0 Å². The molecule has 1 aliphatic carbocycles. The van der Waals surface area contributed by atoms with Gasteiger partial charge in [0.15, 0.2) is 5.69 Å². The molecule has 120 valence electrons. The van der Waals surface area contributed by atoms with Crippen LogP contribution in [0.4, 0.5) is 0 Å². The molecule has 7 heteroatoms. The quantitative estimate of drug-likeness (QED) is 0.789. The number of fused-ring (bicyclic) bond motifs is 1. The van der Waals surface area contributed by atoms with Crippen LogP contribution in [0.2, 0.25) is 0 Å². The van der Waals surface area contributed by atoms with E-state index in [1.54, 1.807) is 10.9 Å².